The zero-order valence-corrected chi connectivity index (χ0v) is 13.6. The molecule has 0 radical (unpaired) electrons. The molecule has 0 bridgehead atoms. The largest absolute Gasteiger partial charge is 0.493 e. The van der Waals surface area contributed by atoms with Gasteiger partial charge in [-0.05, 0) is 56.4 Å². The first kappa shape index (κ1) is 15.5. The van der Waals surface area contributed by atoms with E-state index in [9.17, 15) is 0 Å². The Kier molecular flexibility index (Phi) is 5.35. The van der Waals surface area contributed by atoms with Crippen molar-refractivity contribution in [3.63, 3.8) is 0 Å². The summed E-state index contributed by atoms with van der Waals surface area (Å²) >= 11 is 1.73. The Morgan fingerprint density at radius 2 is 2.00 bits per heavy atom. The Labute approximate surface area is 130 Å². The number of nitriles is 1. The molecular formula is C17H20N2OS. The summed E-state index contributed by atoms with van der Waals surface area (Å²) in [5.74, 6) is 0.904. The van der Waals surface area contributed by atoms with Crippen LogP contribution in [0.2, 0.25) is 0 Å². The van der Waals surface area contributed by atoms with Gasteiger partial charge in [-0.3, -0.25) is 0 Å². The van der Waals surface area contributed by atoms with Gasteiger partial charge in [-0.2, -0.15) is 5.26 Å². The predicted molar refractivity (Wildman–Crippen MR) is 85.9 cm³/mol. The smallest absolute Gasteiger partial charge is 0.125 e. The Balaban J connectivity index is 1.88. The zero-order valence-electron chi connectivity index (χ0n) is 12.8. The predicted octanol–water partition coefficient (Wildman–Crippen LogP) is 4.21. The molecule has 21 heavy (non-hydrogen) atoms. The van der Waals surface area contributed by atoms with Crippen LogP contribution in [0.15, 0.2) is 17.5 Å². The van der Waals surface area contributed by atoms with E-state index in [1.54, 1.807) is 11.3 Å². The van der Waals surface area contributed by atoms with Crippen LogP contribution >= 0.6 is 11.3 Å². The van der Waals surface area contributed by atoms with E-state index in [0.717, 1.165) is 41.8 Å². The summed E-state index contributed by atoms with van der Waals surface area (Å²) in [4.78, 5) is 4.56. The minimum atomic E-state index is 0.673. The van der Waals surface area contributed by atoms with Crippen LogP contribution in [-0.2, 0) is 12.8 Å². The molecule has 0 aliphatic carbocycles. The highest BCUT2D eigenvalue weighted by molar-refractivity contribution is 7.09. The van der Waals surface area contributed by atoms with Crippen LogP contribution in [0.1, 0.15) is 40.7 Å². The van der Waals surface area contributed by atoms with Crippen LogP contribution in [0.5, 0.6) is 5.75 Å². The summed E-state index contributed by atoms with van der Waals surface area (Å²) in [6.45, 7) is 6.77. The highest BCUT2D eigenvalue weighted by Crippen LogP contribution is 2.24. The molecule has 0 fully saturated rings. The van der Waals surface area contributed by atoms with Gasteiger partial charge in [0.25, 0.3) is 0 Å². The third-order valence-corrected chi connectivity index (χ3v) is 4.36. The van der Waals surface area contributed by atoms with Gasteiger partial charge in [0, 0.05) is 5.38 Å². The lowest BCUT2D eigenvalue weighted by molar-refractivity contribution is 0.306. The van der Waals surface area contributed by atoms with E-state index in [1.165, 1.54) is 5.01 Å². The summed E-state index contributed by atoms with van der Waals surface area (Å²) in [6.07, 6.45) is 2.90. The lowest BCUT2D eigenvalue weighted by Crippen LogP contribution is -2.03. The van der Waals surface area contributed by atoms with Crippen LogP contribution in [0, 0.1) is 25.2 Å². The van der Waals surface area contributed by atoms with Crippen molar-refractivity contribution in [3.05, 3.63) is 44.9 Å². The second-order valence-corrected chi connectivity index (χ2v) is 6.03. The van der Waals surface area contributed by atoms with Gasteiger partial charge in [-0.15, -0.1) is 11.3 Å². The van der Waals surface area contributed by atoms with Crippen LogP contribution in [0.25, 0.3) is 0 Å². The van der Waals surface area contributed by atoms with E-state index in [1.807, 2.05) is 26.0 Å². The molecule has 0 atom stereocenters. The molecular weight excluding hydrogens is 280 g/mol. The maximum Gasteiger partial charge on any atom is 0.125 e. The van der Waals surface area contributed by atoms with Crippen molar-refractivity contribution in [1.82, 2.24) is 4.98 Å². The monoisotopic (exact) mass is 300 g/mol. The number of thiazole rings is 1. The summed E-state index contributed by atoms with van der Waals surface area (Å²) in [6, 6.07) is 5.91. The molecule has 0 spiro atoms. The van der Waals surface area contributed by atoms with Crippen molar-refractivity contribution >= 4 is 11.3 Å². The van der Waals surface area contributed by atoms with E-state index in [4.69, 9.17) is 10.00 Å². The summed E-state index contributed by atoms with van der Waals surface area (Å²) in [5.41, 5.74) is 3.89. The Morgan fingerprint density at radius 3 is 2.57 bits per heavy atom. The molecule has 110 valence electrons. The molecule has 0 unspecified atom stereocenters. The Hall–Kier alpha value is -1.86. The fourth-order valence-electron chi connectivity index (χ4n) is 2.30. The number of ether oxygens (including phenoxy) is 1. The topological polar surface area (TPSA) is 45.9 Å². The van der Waals surface area contributed by atoms with E-state index in [0.29, 0.717) is 12.2 Å². The number of hydrogen-bond donors (Lipinski definition) is 0. The molecule has 0 aliphatic heterocycles. The lowest BCUT2D eigenvalue weighted by Gasteiger charge is -2.12. The molecule has 1 aromatic carbocycles. The molecule has 1 aromatic heterocycles. The Morgan fingerprint density at radius 1 is 1.29 bits per heavy atom. The van der Waals surface area contributed by atoms with Gasteiger partial charge in [0.1, 0.15) is 5.75 Å². The fourth-order valence-corrected chi connectivity index (χ4v) is 3.08. The van der Waals surface area contributed by atoms with E-state index >= 15 is 0 Å². The van der Waals surface area contributed by atoms with Gasteiger partial charge in [-0.1, -0.05) is 6.92 Å². The first-order chi connectivity index (χ1) is 10.1. The SMILES string of the molecule is CCc1nc(CCCOc2c(C)cc(C#N)cc2C)cs1. The molecule has 0 saturated heterocycles. The molecule has 4 heteroatoms. The number of benzene rings is 1. The Bertz CT molecular complexity index is 632. The zero-order chi connectivity index (χ0) is 15.2. The number of aromatic nitrogens is 1. The molecule has 3 nitrogen and oxygen atoms in total. The number of nitrogens with zero attached hydrogens (tertiary/aromatic N) is 2. The van der Waals surface area contributed by atoms with Gasteiger partial charge in [0.15, 0.2) is 0 Å². The maximum atomic E-state index is 8.94. The summed E-state index contributed by atoms with van der Waals surface area (Å²) in [5, 5.41) is 12.3. The second kappa shape index (κ2) is 7.24. The minimum absolute atomic E-state index is 0.673. The average Bonchev–Trinajstić information content (AvgIpc) is 2.93. The van der Waals surface area contributed by atoms with Gasteiger partial charge < -0.3 is 4.74 Å². The van der Waals surface area contributed by atoms with E-state index < -0.39 is 0 Å². The van der Waals surface area contributed by atoms with E-state index in [-0.39, 0.29) is 0 Å². The van der Waals surface area contributed by atoms with Crippen LogP contribution in [0.4, 0.5) is 0 Å². The number of aryl methyl sites for hydroxylation is 4. The van der Waals surface area contributed by atoms with Crippen LogP contribution < -0.4 is 4.74 Å². The molecule has 1 heterocycles. The van der Waals surface area contributed by atoms with Gasteiger partial charge in [0.2, 0.25) is 0 Å². The molecule has 0 N–H and O–H groups in total. The molecule has 0 amide bonds. The maximum absolute atomic E-state index is 8.94. The van der Waals surface area contributed by atoms with Gasteiger partial charge in [-0.25, -0.2) is 4.98 Å². The average molecular weight is 300 g/mol. The third-order valence-electron chi connectivity index (χ3n) is 3.31. The standard InChI is InChI=1S/C17H20N2OS/c1-4-16-19-15(11-21-16)6-5-7-20-17-12(2)8-14(10-18)9-13(17)3/h8-9,11H,4-7H2,1-3H3. The van der Waals surface area contributed by atoms with Crippen molar-refractivity contribution in [2.24, 2.45) is 0 Å². The van der Waals surface area contributed by atoms with Crippen molar-refractivity contribution in [1.29, 1.82) is 5.26 Å². The van der Waals surface area contributed by atoms with Crippen LogP contribution in [-0.4, -0.2) is 11.6 Å². The fraction of sp³-hybridized carbons (Fsp3) is 0.412. The molecule has 0 saturated carbocycles. The summed E-state index contributed by atoms with van der Waals surface area (Å²) < 4.78 is 5.89. The quantitative estimate of drug-likeness (QED) is 0.751. The van der Waals surface area contributed by atoms with Crippen molar-refractivity contribution in [2.75, 3.05) is 6.61 Å². The first-order valence-corrected chi connectivity index (χ1v) is 8.09. The van der Waals surface area contributed by atoms with Gasteiger partial charge >= 0.3 is 0 Å². The van der Waals surface area contributed by atoms with Crippen molar-refractivity contribution < 1.29 is 4.74 Å². The third kappa shape index (κ3) is 4.05. The normalized spacial score (nSPS) is 10.4. The van der Waals surface area contributed by atoms with Crippen LogP contribution in [0.3, 0.4) is 0 Å². The highest BCUT2D eigenvalue weighted by atomic mass is 32.1. The van der Waals surface area contributed by atoms with Crippen molar-refractivity contribution in [3.8, 4) is 11.8 Å². The lowest BCUT2D eigenvalue weighted by atomic mass is 10.1. The molecule has 2 rings (SSSR count). The first-order valence-electron chi connectivity index (χ1n) is 7.21. The van der Waals surface area contributed by atoms with Crippen molar-refractivity contribution in [2.45, 2.75) is 40.0 Å². The number of rotatable bonds is 6. The second-order valence-electron chi connectivity index (χ2n) is 5.09. The molecule has 0 aliphatic rings. The molecule has 2 aromatic rings. The minimum Gasteiger partial charge on any atom is -0.493 e. The van der Waals surface area contributed by atoms with E-state index in [2.05, 4.69) is 23.4 Å². The summed E-state index contributed by atoms with van der Waals surface area (Å²) in [7, 11) is 0. The number of hydrogen-bond acceptors (Lipinski definition) is 4. The highest BCUT2D eigenvalue weighted by Gasteiger charge is 2.07. The van der Waals surface area contributed by atoms with Gasteiger partial charge in [0.05, 0.1) is 28.9 Å².